The topological polar surface area (TPSA) is 36.1 Å². The molecule has 1 aliphatic carbocycles. The zero-order valence-electron chi connectivity index (χ0n) is 10.5. The third-order valence-electron chi connectivity index (χ3n) is 4.38. The molecule has 0 unspecified atom stereocenters. The molecule has 1 aromatic heterocycles. The second kappa shape index (κ2) is 5.08. The molecule has 2 aliphatic rings. The number of piperidine rings is 1. The molecule has 1 saturated carbocycles. The number of amides is 1. The second-order valence-corrected chi connectivity index (χ2v) is 6.40. The number of halogens is 1. The van der Waals surface area contributed by atoms with Crippen LogP contribution in [-0.4, -0.2) is 28.4 Å². The van der Waals surface area contributed by atoms with Crippen molar-refractivity contribution >= 4 is 21.8 Å². The average molecular weight is 311 g/mol. The smallest absolute Gasteiger partial charge is 0.270 e. The fraction of sp³-hybridized carbons (Fsp3) is 0.643. The van der Waals surface area contributed by atoms with Gasteiger partial charge in [0.2, 0.25) is 0 Å². The number of H-pyrrole nitrogens is 1. The summed E-state index contributed by atoms with van der Waals surface area (Å²) in [4.78, 5) is 17.7. The van der Waals surface area contributed by atoms with Crippen molar-refractivity contribution in [3.8, 4) is 0 Å². The lowest BCUT2D eigenvalue weighted by atomic mass is 9.78. The van der Waals surface area contributed by atoms with Crippen molar-refractivity contribution < 1.29 is 4.79 Å². The van der Waals surface area contributed by atoms with Crippen molar-refractivity contribution in [1.82, 2.24) is 9.88 Å². The number of nitrogens with zero attached hydrogens (tertiary/aromatic N) is 1. The van der Waals surface area contributed by atoms with Crippen molar-refractivity contribution in [2.75, 3.05) is 6.54 Å². The lowest BCUT2D eigenvalue weighted by molar-refractivity contribution is 0.0386. The van der Waals surface area contributed by atoms with Gasteiger partial charge in [0.25, 0.3) is 5.91 Å². The maximum Gasteiger partial charge on any atom is 0.270 e. The van der Waals surface area contributed by atoms with E-state index in [0.717, 1.165) is 23.4 Å². The highest BCUT2D eigenvalue weighted by Gasteiger charge is 2.36. The van der Waals surface area contributed by atoms with Crippen LogP contribution in [0.2, 0.25) is 0 Å². The van der Waals surface area contributed by atoms with E-state index in [4.69, 9.17) is 0 Å². The summed E-state index contributed by atoms with van der Waals surface area (Å²) in [6.45, 7) is 0.927. The third kappa shape index (κ3) is 2.22. The monoisotopic (exact) mass is 310 g/mol. The summed E-state index contributed by atoms with van der Waals surface area (Å²) in [5.41, 5.74) is 0.716. The minimum absolute atomic E-state index is 0.178. The summed E-state index contributed by atoms with van der Waals surface area (Å²) in [7, 11) is 0. The quantitative estimate of drug-likeness (QED) is 0.845. The van der Waals surface area contributed by atoms with Crippen molar-refractivity contribution in [3.05, 3.63) is 22.4 Å². The summed E-state index contributed by atoms with van der Waals surface area (Å²) in [5, 5.41) is 0. The standard InChI is InChI=1S/C14H19BrN2O/c15-11-8-12(16-9-11)14(18)17-7-3-5-10-4-1-2-6-13(10)17/h8-10,13,16H,1-7H2/t10-,13-/m1/s1. The molecular formula is C14H19BrN2O. The van der Waals surface area contributed by atoms with Gasteiger partial charge < -0.3 is 9.88 Å². The van der Waals surface area contributed by atoms with Gasteiger partial charge in [0, 0.05) is 23.3 Å². The zero-order chi connectivity index (χ0) is 12.5. The summed E-state index contributed by atoms with van der Waals surface area (Å²) >= 11 is 3.39. The highest BCUT2D eigenvalue weighted by Crippen LogP contribution is 2.35. The Morgan fingerprint density at radius 1 is 1.28 bits per heavy atom. The zero-order valence-corrected chi connectivity index (χ0v) is 12.1. The van der Waals surface area contributed by atoms with Gasteiger partial charge in [-0.15, -0.1) is 0 Å². The van der Waals surface area contributed by atoms with E-state index < -0.39 is 0 Å². The molecular weight excluding hydrogens is 292 g/mol. The Morgan fingerprint density at radius 3 is 2.83 bits per heavy atom. The molecule has 0 spiro atoms. The molecule has 98 valence electrons. The van der Waals surface area contributed by atoms with Gasteiger partial charge in [-0.1, -0.05) is 12.8 Å². The van der Waals surface area contributed by atoms with Gasteiger partial charge in [0.1, 0.15) is 5.69 Å². The molecule has 2 atom stereocenters. The summed E-state index contributed by atoms with van der Waals surface area (Å²) in [6, 6.07) is 2.37. The minimum atomic E-state index is 0.178. The predicted octanol–water partition coefficient (Wildman–Crippen LogP) is 3.57. The number of rotatable bonds is 1. The van der Waals surface area contributed by atoms with Gasteiger partial charge in [-0.2, -0.15) is 0 Å². The number of fused-ring (bicyclic) bond motifs is 1. The van der Waals surface area contributed by atoms with Crippen LogP contribution in [0.4, 0.5) is 0 Å². The first-order valence-electron chi connectivity index (χ1n) is 6.90. The van der Waals surface area contributed by atoms with E-state index in [0.29, 0.717) is 11.7 Å². The molecule has 0 bridgehead atoms. The molecule has 1 amide bonds. The first-order valence-corrected chi connectivity index (χ1v) is 7.70. The van der Waals surface area contributed by atoms with Crippen LogP contribution in [0.5, 0.6) is 0 Å². The molecule has 1 N–H and O–H groups in total. The molecule has 1 saturated heterocycles. The fourth-order valence-electron chi connectivity index (χ4n) is 3.52. The molecule has 1 aliphatic heterocycles. The van der Waals surface area contributed by atoms with Crippen LogP contribution in [0.15, 0.2) is 16.7 Å². The van der Waals surface area contributed by atoms with Crippen LogP contribution in [0.3, 0.4) is 0 Å². The Kier molecular flexibility index (Phi) is 3.46. The highest BCUT2D eigenvalue weighted by atomic mass is 79.9. The maximum atomic E-state index is 12.5. The van der Waals surface area contributed by atoms with Gasteiger partial charge in [-0.3, -0.25) is 4.79 Å². The summed E-state index contributed by atoms with van der Waals surface area (Å²) in [6.07, 6.45) is 9.42. The second-order valence-electron chi connectivity index (χ2n) is 5.48. The molecule has 3 nitrogen and oxygen atoms in total. The summed E-state index contributed by atoms with van der Waals surface area (Å²) in [5.74, 6) is 0.923. The number of nitrogens with one attached hydrogen (secondary N) is 1. The van der Waals surface area contributed by atoms with Crippen molar-refractivity contribution in [2.45, 2.75) is 44.6 Å². The molecule has 0 radical (unpaired) electrons. The highest BCUT2D eigenvalue weighted by molar-refractivity contribution is 9.10. The molecule has 3 rings (SSSR count). The Hall–Kier alpha value is -0.770. The first kappa shape index (κ1) is 12.3. The largest absolute Gasteiger partial charge is 0.356 e. The van der Waals surface area contributed by atoms with Gasteiger partial charge in [0.15, 0.2) is 0 Å². The average Bonchev–Trinajstić information content (AvgIpc) is 2.84. The van der Waals surface area contributed by atoms with E-state index in [1.807, 2.05) is 12.3 Å². The van der Waals surface area contributed by atoms with Crippen molar-refractivity contribution in [3.63, 3.8) is 0 Å². The minimum Gasteiger partial charge on any atom is -0.356 e. The van der Waals surface area contributed by atoms with E-state index in [1.165, 1.54) is 32.1 Å². The van der Waals surface area contributed by atoms with Gasteiger partial charge in [-0.05, 0) is 53.6 Å². The summed E-state index contributed by atoms with van der Waals surface area (Å²) < 4.78 is 0.947. The number of carbonyl (C=O) groups excluding carboxylic acids is 1. The van der Waals surface area contributed by atoms with Crippen LogP contribution in [0.1, 0.15) is 49.0 Å². The maximum absolute atomic E-state index is 12.5. The van der Waals surface area contributed by atoms with E-state index in [1.54, 1.807) is 0 Å². The Balaban J connectivity index is 1.79. The number of hydrogen-bond acceptors (Lipinski definition) is 1. The molecule has 18 heavy (non-hydrogen) atoms. The lowest BCUT2D eigenvalue weighted by Gasteiger charge is -2.44. The van der Waals surface area contributed by atoms with E-state index >= 15 is 0 Å². The SMILES string of the molecule is O=C(c1cc(Br)c[nH]1)N1CCC[C@H]2CCCC[C@H]21. The van der Waals surface area contributed by atoms with Crippen molar-refractivity contribution in [2.24, 2.45) is 5.92 Å². The van der Waals surface area contributed by atoms with Crippen LogP contribution < -0.4 is 0 Å². The normalized spacial score (nSPS) is 27.9. The Labute approximate surface area is 116 Å². The molecule has 1 aromatic rings. The van der Waals surface area contributed by atoms with E-state index in [2.05, 4.69) is 25.8 Å². The Bertz CT molecular complexity index is 441. The molecule has 2 heterocycles. The predicted molar refractivity (Wildman–Crippen MR) is 74.5 cm³/mol. The lowest BCUT2D eigenvalue weighted by Crippen LogP contribution is -2.49. The van der Waals surface area contributed by atoms with Crippen LogP contribution in [0.25, 0.3) is 0 Å². The van der Waals surface area contributed by atoms with Crippen LogP contribution >= 0.6 is 15.9 Å². The molecule has 0 aromatic carbocycles. The number of carbonyl (C=O) groups is 1. The Morgan fingerprint density at radius 2 is 2.06 bits per heavy atom. The van der Waals surface area contributed by atoms with Gasteiger partial charge >= 0.3 is 0 Å². The van der Waals surface area contributed by atoms with Crippen molar-refractivity contribution in [1.29, 1.82) is 0 Å². The third-order valence-corrected chi connectivity index (χ3v) is 4.84. The van der Waals surface area contributed by atoms with Gasteiger partial charge in [-0.25, -0.2) is 0 Å². The van der Waals surface area contributed by atoms with Gasteiger partial charge in [0.05, 0.1) is 0 Å². The van der Waals surface area contributed by atoms with Crippen LogP contribution in [-0.2, 0) is 0 Å². The number of aromatic amines is 1. The van der Waals surface area contributed by atoms with Crippen LogP contribution in [0, 0.1) is 5.92 Å². The van der Waals surface area contributed by atoms with E-state index in [9.17, 15) is 4.79 Å². The fourth-order valence-corrected chi connectivity index (χ4v) is 3.87. The van der Waals surface area contributed by atoms with E-state index in [-0.39, 0.29) is 5.91 Å². The number of hydrogen-bond donors (Lipinski definition) is 1. The first-order chi connectivity index (χ1) is 8.75. The molecule has 2 fully saturated rings. The number of aromatic nitrogens is 1. The molecule has 4 heteroatoms. The number of likely N-dealkylation sites (tertiary alicyclic amines) is 1.